The van der Waals surface area contributed by atoms with E-state index in [0.717, 1.165) is 12.0 Å². The van der Waals surface area contributed by atoms with Gasteiger partial charge in [0.1, 0.15) is 6.10 Å². The molecule has 70 valence electrons. The summed E-state index contributed by atoms with van der Waals surface area (Å²) in [5.41, 5.74) is 5.90. The summed E-state index contributed by atoms with van der Waals surface area (Å²) in [6.07, 6.45) is -0.249. The third-order valence-corrected chi connectivity index (χ3v) is 1.39. The van der Waals surface area contributed by atoms with Gasteiger partial charge in [-0.1, -0.05) is 5.57 Å². The number of aliphatic hydroxyl groups is 1. The van der Waals surface area contributed by atoms with Crippen molar-refractivity contribution >= 4 is 5.91 Å². The van der Waals surface area contributed by atoms with E-state index in [0.29, 0.717) is 6.54 Å². The standard InChI is InChI=1S/C8H16N2O2/c1-6(2)3-4-10-5-7(11)8(9)12/h7,10-11H,1,3-5H2,2H3,(H2,9,12). The molecule has 0 aromatic rings. The number of carbonyl (C=O) groups is 1. The van der Waals surface area contributed by atoms with Gasteiger partial charge in [0.05, 0.1) is 0 Å². The Bertz CT molecular complexity index is 168. The van der Waals surface area contributed by atoms with Gasteiger partial charge in [0.15, 0.2) is 0 Å². The third kappa shape index (κ3) is 5.88. The topological polar surface area (TPSA) is 75.3 Å². The highest BCUT2D eigenvalue weighted by atomic mass is 16.3. The lowest BCUT2D eigenvalue weighted by molar-refractivity contribution is -0.125. The second-order valence-electron chi connectivity index (χ2n) is 2.83. The molecule has 0 bridgehead atoms. The minimum absolute atomic E-state index is 0.211. The van der Waals surface area contributed by atoms with Crippen LogP contribution in [0.15, 0.2) is 12.2 Å². The van der Waals surface area contributed by atoms with Gasteiger partial charge in [-0.25, -0.2) is 0 Å². The molecule has 0 saturated heterocycles. The van der Waals surface area contributed by atoms with Crippen molar-refractivity contribution in [1.29, 1.82) is 0 Å². The zero-order chi connectivity index (χ0) is 9.56. The summed E-state index contributed by atoms with van der Waals surface area (Å²) in [6.45, 7) is 6.55. The van der Waals surface area contributed by atoms with E-state index < -0.39 is 12.0 Å². The Hall–Kier alpha value is -0.870. The summed E-state index contributed by atoms with van der Waals surface area (Å²) >= 11 is 0. The van der Waals surface area contributed by atoms with Crippen molar-refractivity contribution in [1.82, 2.24) is 5.32 Å². The van der Waals surface area contributed by atoms with E-state index in [1.165, 1.54) is 0 Å². The highest BCUT2D eigenvalue weighted by Gasteiger charge is 2.08. The minimum Gasteiger partial charge on any atom is -0.382 e. The number of rotatable bonds is 6. The lowest BCUT2D eigenvalue weighted by Gasteiger charge is -2.07. The molecule has 0 aromatic carbocycles. The predicted molar refractivity (Wildman–Crippen MR) is 47.5 cm³/mol. The van der Waals surface area contributed by atoms with Crippen molar-refractivity contribution in [2.75, 3.05) is 13.1 Å². The summed E-state index contributed by atoms with van der Waals surface area (Å²) in [6, 6.07) is 0. The number of primary amides is 1. The quantitative estimate of drug-likeness (QED) is 0.369. The predicted octanol–water partition coefficient (Wildman–Crippen LogP) is -0.612. The van der Waals surface area contributed by atoms with Crippen molar-refractivity contribution in [3.63, 3.8) is 0 Å². The summed E-state index contributed by atoms with van der Waals surface area (Å²) in [5.74, 6) is -0.696. The molecule has 0 radical (unpaired) electrons. The molecule has 0 saturated carbocycles. The maximum atomic E-state index is 10.3. The number of nitrogens with two attached hydrogens (primary N) is 1. The molecule has 0 heterocycles. The minimum atomic E-state index is -1.09. The molecule has 12 heavy (non-hydrogen) atoms. The molecule has 1 amide bonds. The molecule has 0 aliphatic heterocycles. The van der Waals surface area contributed by atoms with Crippen LogP contribution < -0.4 is 11.1 Å². The summed E-state index contributed by atoms with van der Waals surface area (Å²) in [5, 5.41) is 11.8. The molecule has 0 aliphatic carbocycles. The second kappa shape index (κ2) is 5.74. The summed E-state index contributed by atoms with van der Waals surface area (Å²) in [7, 11) is 0. The highest BCUT2D eigenvalue weighted by Crippen LogP contribution is 1.91. The van der Waals surface area contributed by atoms with E-state index in [1.807, 2.05) is 6.92 Å². The number of aliphatic hydroxyl groups excluding tert-OH is 1. The van der Waals surface area contributed by atoms with E-state index >= 15 is 0 Å². The van der Waals surface area contributed by atoms with Crippen LogP contribution in [-0.2, 0) is 4.79 Å². The van der Waals surface area contributed by atoms with Crippen molar-refractivity contribution in [2.45, 2.75) is 19.4 Å². The molecule has 0 fully saturated rings. The Morgan fingerprint density at radius 2 is 2.33 bits per heavy atom. The van der Waals surface area contributed by atoms with E-state index in [4.69, 9.17) is 10.8 Å². The van der Waals surface area contributed by atoms with Crippen LogP contribution in [0.25, 0.3) is 0 Å². The molecular weight excluding hydrogens is 156 g/mol. The van der Waals surface area contributed by atoms with E-state index in [2.05, 4.69) is 11.9 Å². The molecule has 0 aliphatic rings. The molecule has 0 spiro atoms. The Kier molecular flexibility index (Phi) is 5.32. The van der Waals surface area contributed by atoms with Crippen LogP contribution in [-0.4, -0.2) is 30.2 Å². The van der Waals surface area contributed by atoms with Gasteiger partial charge in [0.2, 0.25) is 5.91 Å². The van der Waals surface area contributed by atoms with Crippen LogP contribution >= 0.6 is 0 Å². The number of hydrogen-bond donors (Lipinski definition) is 3. The summed E-state index contributed by atoms with van der Waals surface area (Å²) < 4.78 is 0. The van der Waals surface area contributed by atoms with Crippen molar-refractivity contribution in [3.05, 3.63) is 12.2 Å². The van der Waals surface area contributed by atoms with Gasteiger partial charge in [0.25, 0.3) is 0 Å². The van der Waals surface area contributed by atoms with Crippen molar-refractivity contribution in [2.24, 2.45) is 5.73 Å². The Labute approximate surface area is 72.4 Å². The zero-order valence-electron chi connectivity index (χ0n) is 7.34. The number of carbonyl (C=O) groups excluding carboxylic acids is 1. The lowest BCUT2D eigenvalue weighted by atomic mass is 10.2. The van der Waals surface area contributed by atoms with Crippen LogP contribution in [0.3, 0.4) is 0 Å². The van der Waals surface area contributed by atoms with Gasteiger partial charge in [-0.15, -0.1) is 6.58 Å². The number of amides is 1. The number of hydrogen-bond acceptors (Lipinski definition) is 3. The van der Waals surface area contributed by atoms with Gasteiger partial charge in [-0.2, -0.15) is 0 Å². The van der Waals surface area contributed by atoms with Gasteiger partial charge in [-0.3, -0.25) is 4.79 Å². The lowest BCUT2D eigenvalue weighted by Crippen LogP contribution is -2.37. The third-order valence-electron chi connectivity index (χ3n) is 1.39. The van der Waals surface area contributed by atoms with Crippen LogP contribution in [0.2, 0.25) is 0 Å². The summed E-state index contributed by atoms with van der Waals surface area (Å²) in [4.78, 5) is 10.3. The molecule has 4 nitrogen and oxygen atoms in total. The molecule has 4 heteroatoms. The van der Waals surface area contributed by atoms with Crippen LogP contribution in [0.1, 0.15) is 13.3 Å². The van der Waals surface area contributed by atoms with E-state index in [-0.39, 0.29) is 6.54 Å². The monoisotopic (exact) mass is 172 g/mol. The maximum absolute atomic E-state index is 10.3. The van der Waals surface area contributed by atoms with Gasteiger partial charge in [-0.05, 0) is 19.9 Å². The largest absolute Gasteiger partial charge is 0.382 e. The average Bonchev–Trinajstić information content (AvgIpc) is 1.97. The first-order valence-corrected chi connectivity index (χ1v) is 3.86. The SMILES string of the molecule is C=C(C)CCNCC(O)C(N)=O. The van der Waals surface area contributed by atoms with E-state index in [1.54, 1.807) is 0 Å². The molecule has 4 N–H and O–H groups in total. The van der Waals surface area contributed by atoms with Crippen LogP contribution in [0.5, 0.6) is 0 Å². The van der Waals surface area contributed by atoms with Crippen molar-refractivity contribution in [3.8, 4) is 0 Å². The molecule has 0 aromatic heterocycles. The smallest absolute Gasteiger partial charge is 0.247 e. The first-order valence-electron chi connectivity index (χ1n) is 3.86. The second-order valence-corrected chi connectivity index (χ2v) is 2.83. The van der Waals surface area contributed by atoms with Crippen LogP contribution in [0.4, 0.5) is 0 Å². The molecular formula is C8H16N2O2. The highest BCUT2D eigenvalue weighted by molar-refractivity contribution is 5.78. The van der Waals surface area contributed by atoms with Crippen LogP contribution in [0, 0.1) is 0 Å². The molecule has 1 unspecified atom stereocenters. The van der Waals surface area contributed by atoms with Gasteiger partial charge in [0, 0.05) is 6.54 Å². The Balaban J connectivity index is 3.31. The fraction of sp³-hybridized carbons (Fsp3) is 0.625. The first-order chi connectivity index (χ1) is 5.54. The normalized spacial score (nSPS) is 12.5. The maximum Gasteiger partial charge on any atom is 0.247 e. The van der Waals surface area contributed by atoms with E-state index in [9.17, 15) is 4.79 Å². The fourth-order valence-electron chi connectivity index (χ4n) is 0.641. The Morgan fingerprint density at radius 3 is 2.75 bits per heavy atom. The molecule has 1 atom stereocenters. The average molecular weight is 172 g/mol. The Morgan fingerprint density at radius 1 is 1.75 bits per heavy atom. The fourth-order valence-corrected chi connectivity index (χ4v) is 0.641. The molecule has 0 rings (SSSR count). The van der Waals surface area contributed by atoms with Crippen molar-refractivity contribution < 1.29 is 9.90 Å². The number of nitrogens with one attached hydrogen (secondary N) is 1. The van der Waals surface area contributed by atoms with Gasteiger partial charge < -0.3 is 16.2 Å². The van der Waals surface area contributed by atoms with Gasteiger partial charge >= 0.3 is 0 Å². The first kappa shape index (κ1) is 11.1. The zero-order valence-corrected chi connectivity index (χ0v) is 7.34.